The lowest BCUT2D eigenvalue weighted by Crippen LogP contribution is -2.11. The van der Waals surface area contributed by atoms with E-state index in [1.807, 2.05) is 6.92 Å². The first-order chi connectivity index (χ1) is 8.42. The summed E-state index contributed by atoms with van der Waals surface area (Å²) >= 11 is 0. The van der Waals surface area contributed by atoms with Crippen molar-refractivity contribution >= 4 is 15.8 Å². The molecule has 0 saturated heterocycles. The molecule has 0 radical (unpaired) electrons. The van der Waals surface area contributed by atoms with Crippen LogP contribution in [0.4, 0.5) is 0 Å². The second-order valence-corrected chi connectivity index (χ2v) is 5.98. The van der Waals surface area contributed by atoms with Crippen molar-refractivity contribution in [2.75, 3.05) is 12.4 Å². The van der Waals surface area contributed by atoms with Crippen molar-refractivity contribution in [2.24, 2.45) is 0 Å². The number of hydrogen-bond donors (Lipinski definition) is 2. The number of aliphatic hydroxyl groups is 1. The number of sulfone groups is 1. The second kappa shape index (κ2) is 5.97. The zero-order chi connectivity index (χ0) is 13.8. The number of aliphatic hydroxyl groups excluding tert-OH is 1. The Bertz CT molecular complexity index is 533. The van der Waals surface area contributed by atoms with Crippen LogP contribution >= 0.6 is 0 Å². The van der Waals surface area contributed by atoms with E-state index < -0.39 is 15.8 Å². The van der Waals surface area contributed by atoms with Crippen LogP contribution in [0.5, 0.6) is 0 Å². The SMILES string of the molecule is CCc1ccc(S(=O)(=O)CCCO)cc1C(=O)O. The van der Waals surface area contributed by atoms with Crippen LogP contribution in [0.1, 0.15) is 29.3 Å². The molecule has 0 unspecified atom stereocenters. The van der Waals surface area contributed by atoms with Gasteiger partial charge in [0.2, 0.25) is 0 Å². The highest BCUT2D eigenvalue weighted by molar-refractivity contribution is 7.91. The summed E-state index contributed by atoms with van der Waals surface area (Å²) in [6, 6.07) is 4.13. The molecule has 0 saturated carbocycles. The van der Waals surface area contributed by atoms with Gasteiger partial charge in [0.05, 0.1) is 16.2 Å². The summed E-state index contributed by atoms with van der Waals surface area (Å²) in [7, 11) is -3.53. The molecule has 1 aromatic rings. The number of carboxylic acids is 1. The maximum Gasteiger partial charge on any atom is 0.336 e. The van der Waals surface area contributed by atoms with Gasteiger partial charge in [-0.05, 0) is 30.5 Å². The molecular weight excluding hydrogens is 256 g/mol. The number of rotatable bonds is 6. The third-order valence-corrected chi connectivity index (χ3v) is 4.42. The molecule has 100 valence electrons. The highest BCUT2D eigenvalue weighted by atomic mass is 32.2. The van der Waals surface area contributed by atoms with E-state index in [1.54, 1.807) is 0 Å². The smallest absolute Gasteiger partial charge is 0.336 e. The number of aromatic carboxylic acids is 1. The van der Waals surface area contributed by atoms with Gasteiger partial charge in [-0.1, -0.05) is 13.0 Å². The van der Waals surface area contributed by atoms with Crippen molar-refractivity contribution in [1.29, 1.82) is 0 Å². The molecule has 6 heteroatoms. The van der Waals surface area contributed by atoms with Crippen molar-refractivity contribution in [2.45, 2.75) is 24.7 Å². The van der Waals surface area contributed by atoms with Gasteiger partial charge in [0.25, 0.3) is 0 Å². The molecule has 0 atom stereocenters. The Morgan fingerprint density at radius 2 is 2.00 bits per heavy atom. The molecule has 1 rings (SSSR count). The summed E-state index contributed by atoms with van der Waals surface area (Å²) in [6.07, 6.45) is 0.666. The number of benzene rings is 1. The summed E-state index contributed by atoms with van der Waals surface area (Å²) in [5.74, 6) is -1.32. The number of hydrogen-bond acceptors (Lipinski definition) is 4. The highest BCUT2D eigenvalue weighted by Crippen LogP contribution is 2.18. The third-order valence-electron chi connectivity index (χ3n) is 2.62. The third kappa shape index (κ3) is 3.30. The summed E-state index contributed by atoms with van der Waals surface area (Å²) in [5, 5.41) is 17.7. The molecule has 0 aliphatic heterocycles. The summed E-state index contributed by atoms with van der Waals surface area (Å²) in [5.41, 5.74) is 0.617. The molecule has 0 aromatic heterocycles. The van der Waals surface area contributed by atoms with Crippen molar-refractivity contribution in [3.8, 4) is 0 Å². The number of carbonyl (C=O) groups is 1. The van der Waals surface area contributed by atoms with Gasteiger partial charge < -0.3 is 10.2 Å². The van der Waals surface area contributed by atoms with E-state index in [9.17, 15) is 13.2 Å². The van der Waals surface area contributed by atoms with Crippen LogP contribution in [0.25, 0.3) is 0 Å². The Kier molecular flexibility index (Phi) is 4.86. The molecule has 0 spiro atoms. The minimum atomic E-state index is -3.53. The van der Waals surface area contributed by atoms with Gasteiger partial charge in [-0.2, -0.15) is 0 Å². The van der Waals surface area contributed by atoms with Gasteiger partial charge in [0.1, 0.15) is 0 Å². The molecule has 0 aliphatic rings. The van der Waals surface area contributed by atoms with Gasteiger partial charge in [0, 0.05) is 6.61 Å². The minimum Gasteiger partial charge on any atom is -0.478 e. The Morgan fingerprint density at radius 3 is 2.50 bits per heavy atom. The van der Waals surface area contributed by atoms with Gasteiger partial charge >= 0.3 is 5.97 Å². The van der Waals surface area contributed by atoms with Gasteiger partial charge in [-0.3, -0.25) is 0 Å². The fourth-order valence-corrected chi connectivity index (χ4v) is 2.95. The monoisotopic (exact) mass is 272 g/mol. The zero-order valence-electron chi connectivity index (χ0n) is 10.1. The maximum atomic E-state index is 11.9. The van der Waals surface area contributed by atoms with E-state index in [0.29, 0.717) is 12.0 Å². The lowest BCUT2D eigenvalue weighted by molar-refractivity contribution is 0.0695. The average Bonchev–Trinajstić information content (AvgIpc) is 2.35. The molecule has 0 fully saturated rings. The van der Waals surface area contributed by atoms with Crippen LogP contribution < -0.4 is 0 Å². The van der Waals surface area contributed by atoms with Crippen LogP contribution in [0.15, 0.2) is 23.1 Å². The first kappa shape index (κ1) is 14.7. The normalized spacial score (nSPS) is 11.4. The van der Waals surface area contributed by atoms with E-state index in [0.717, 1.165) is 0 Å². The van der Waals surface area contributed by atoms with E-state index in [4.69, 9.17) is 10.2 Å². The highest BCUT2D eigenvalue weighted by Gasteiger charge is 2.18. The van der Waals surface area contributed by atoms with Crippen LogP contribution in [0, 0.1) is 0 Å². The van der Waals surface area contributed by atoms with Crippen molar-refractivity contribution in [1.82, 2.24) is 0 Å². The van der Waals surface area contributed by atoms with Crippen molar-refractivity contribution < 1.29 is 23.4 Å². The molecule has 1 aromatic carbocycles. The molecule has 0 amide bonds. The van der Waals surface area contributed by atoms with Crippen LogP contribution in [0.3, 0.4) is 0 Å². The lowest BCUT2D eigenvalue weighted by Gasteiger charge is -2.08. The Morgan fingerprint density at radius 1 is 1.33 bits per heavy atom. The topological polar surface area (TPSA) is 91.7 Å². The van der Waals surface area contributed by atoms with Crippen molar-refractivity contribution in [3.05, 3.63) is 29.3 Å². The second-order valence-electron chi connectivity index (χ2n) is 3.87. The van der Waals surface area contributed by atoms with Crippen LogP contribution in [-0.4, -0.2) is 37.0 Å². The Labute approximate surface area is 106 Å². The van der Waals surface area contributed by atoms with E-state index in [-0.39, 0.29) is 29.2 Å². The molecule has 0 heterocycles. The average molecular weight is 272 g/mol. The number of aryl methyl sites for hydroxylation is 1. The summed E-state index contributed by atoms with van der Waals surface area (Å²) < 4.78 is 23.7. The quantitative estimate of drug-likeness (QED) is 0.809. The molecule has 2 N–H and O–H groups in total. The molecule has 0 aliphatic carbocycles. The maximum absolute atomic E-state index is 11.9. The zero-order valence-corrected chi connectivity index (χ0v) is 10.9. The fraction of sp³-hybridized carbons (Fsp3) is 0.417. The number of carboxylic acid groups (broad SMARTS) is 1. The Hall–Kier alpha value is -1.40. The van der Waals surface area contributed by atoms with Gasteiger partial charge in [-0.25, -0.2) is 13.2 Å². The van der Waals surface area contributed by atoms with Crippen LogP contribution in [0.2, 0.25) is 0 Å². The Balaban J connectivity index is 3.20. The molecule has 0 bridgehead atoms. The summed E-state index contributed by atoms with van der Waals surface area (Å²) in [6.45, 7) is 1.60. The molecular formula is C12H16O5S. The largest absolute Gasteiger partial charge is 0.478 e. The first-order valence-corrected chi connectivity index (χ1v) is 7.27. The van der Waals surface area contributed by atoms with Gasteiger partial charge in [0.15, 0.2) is 9.84 Å². The molecule has 18 heavy (non-hydrogen) atoms. The minimum absolute atomic E-state index is 0.00875. The predicted octanol–water partition coefficient (Wildman–Crippen LogP) is 1.10. The predicted molar refractivity (Wildman–Crippen MR) is 66.5 cm³/mol. The molecule has 5 nitrogen and oxygen atoms in total. The fourth-order valence-electron chi connectivity index (χ4n) is 1.63. The van der Waals surface area contributed by atoms with E-state index in [1.165, 1.54) is 18.2 Å². The lowest BCUT2D eigenvalue weighted by atomic mass is 10.1. The standard InChI is InChI=1S/C12H16O5S/c1-2-9-4-5-10(8-11(9)12(14)15)18(16,17)7-3-6-13/h4-5,8,13H,2-3,6-7H2,1H3,(H,14,15). The van der Waals surface area contributed by atoms with Crippen LogP contribution in [-0.2, 0) is 16.3 Å². The van der Waals surface area contributed by atoms with Gasteiger partial charge in [-0.15, -0.1) is 0 Å². The van der Waals surface area contributed by atoms with E-state index in [2.05, 4.69) is 0 Å². The summed E-state index contributed by atoms with van der Waals surface area (Å²) in [4.78, 5) is 11.0. The van der Waals surface area contributed by atoms with Crippen molar-refractivity contribution in [3.63, 3.8) is 0 Å². The van der Waals surface area contributed by atoms with E-state index >= 15 is 0 Å². The first-order valence-electron chi connectivity index (χ1n) is 5.62.